The van der Waals surface area contributed by atoms with E-state index in [9.17, 15) is 23.9 Å². The van der Waals surface area contributed by atoms with E-state index in [0.717, 1.165) is 18.2 Å². The van der Waals surface area contributed by atoms with Crippen LogP contribution in [0.2, 0.25) is 5.02 Å². The van der Waals surface area contributed by atoms with Gasteiger partial charge in [-0.05, 0) is 54.7 Å². The standard InChI is InChI=1S/C21H21ClFNO6/c22-16-6-2-1-4-13(16)11-17(19(26)21(29)30)24-18(25)7-3-5-12-10-14(23)8-9-15(12)20(27)28/h1-2,4,6,8-10,17,19,26H,3,5,7,11H2,(H,24,25)(H,27,28)(H,29,30). The summed E-state index contributed by atoms with van der Waals surface area (Å²) in [7, 11) is 0. The molecule has 2 aromatic rings. The van der Waals surface area contributed by atoms with Gasteiger partial charge in [-0.1, -0.05) is 29.8 Å². The average molecular weight is 438 g/mol. The van der Waals surface area contributed by atoms with Gasteiger partial charge in [-0.15, -0.1) is 0 Å². The molecule has 0 bridgehead atoms. The molecule has 2 atom stereocenters. The van der Waals surface area contributed by atoms with E-state index in [1.807, 2.05) is 0 Å². The quantitative estimate of drug-likeness (QED) is 0.453. The van der Waals surface area contributed by atoms with Crippen LogP contribution in [-0.4, -0.2) is 45.3 Å². The highest BCUT2D eigenvalue weighted by Gasteiger charge is 2.28. The molecule has 0 spiro atoms. The van der Waals surface area contributed by atoms with Gasteiger partial charge in [0.25, 0.3) is 0 Å². The van der Waals surface area contributed by atoms with E-state index in [0.29, 0.717) is 10.6 Å². The van der Waals surface area contributed by atoms with E-state index in [4.69, 9.17) is 21.8 Å². The maximum absolute atomic E-state index is 13.4. The SMILES string of the molecule is O=C(CCCc1cc(F)ccc1C(=O)O)NC(Cc1ccccc1Cl)C(O)C(=O)O. The molecule has 30 heavy (non-hydrogen) atoms. The van der Waals surface area contributed by atoms with E-state index >= 15 is 0 Å². The number of hydrogen-bond donors (Lipinski definition) is 4. The zero-order valence-corrected chi connectivity index (χ0v) is 16.6. The van der Waals surface area contributed by atoms with Gasteiger partial charge in [0.05, 0.1) is 11.6 Å². The monoisotopic (exact) mass is 437 g/mol. The second-order valence-corrected chi connectivity index (χ2v) is 7.12. The van der Waals surface area contributed by atoms with Crippen molar-refractivity contribution in [2.24, 2.45) is 0 Å². The molecule has 160 valence electrons. The summed E-state index contributed by atoms with van der Waals surface area (Å²) in [4.78, 5) is 34.7. The fourth-order valence-corrected chi connectivity index (χ4v) is 3.22. The molecule has 4 N–H and O–H groups in total. The van der Waals surface area contributed by atoms with E-state index in [2.05, 4.69) is 5.32 Å². The molecule has 1 amide bonds. The number of carboxylic acids is 2. The lowest BCUT2D eigenvalue weighted by Gasteiger charge is -2.22. The van der Waals surface area contributed by atoms with Gasteiger partial charge in [-0.25, -0.2) is 14.0 Å². The van der Waals surface area contributed by atoms with Crippen LogP contribution in [0.5, 0.6) is 0 Å². The first-order chi connectivity index (χ1) is 14.2. The van der Waals surface area contributed by atoms with Gasteiger partial charge >= 0.3 is 11.9 Å². The highest BCUT2D eigenvalue weighted by atomic mass is 35.5. The topological polar surface area (TPSA) is 124 Å². The minimum absolute atomic E-state index is 0.00589. The van der Waals surface area contributed by atoms with Crippen LogP contribution >= 0.6 is 11.6 Å². The zero-order chi connectivity index (χ0) is 22.3. The molecule has 2 aromatic carbocycles. The Morgan fingerprint density at radius 2 is 1.77 bits per heavy atom. The van der Waals surface area contributed by atoms with Crippen LogP contribution in [0, 0.1) is 5.82 Å². The molecule has 7 nitrogen and oxygen atoms in total. The van der Waals surface area contributed by atoms with Crippen LogP contribution in [0.3, 0.4) is 0 Å². The number of carbonyl (C=O) groups excluding carboxylic acids is 1. The number of halogens is 2. The van der Waals surface area contributed by atoms with Crippen molar-refractivity contribution in [1.29, 1.82) is 0 Å². The van der Waals surface area contributed by atoms with Crippen molar-refractivity contribution in [3.63, 3.8) is 0 Å². The third-order valence-corrected chi connectivity index (χ3v) is 4.89. The Bertz CT molecular complexity index is 935. The van der Waals surface area contributed by atoms with Crippen LogP contribution in [0.25, 0.3) is 0 Å². The Hall–Kier alpha value is -2.97. The summed E-state index contributed by atoms with van der Waals surface area (Å²) in [6.07, 6.45) is -1.56. The van der Waals surface area contributed by atoms with Crippen molar-refractivity contribution in [3.05, 3.63) is 70.0 Å². The smallest absolute Gasteiger partial charge is 0.335 e. The molecule has 0 fully saturated rings. The van der Waals surface area contributed by atoms with Crippen molar-refractivity contribution < 1.29 is 34.1 Å². The van der Waals surface area contributed by atoms with Crippen LogP contribution in [0.4, 0.5) is 4.39 Å². The fraction of sp³-hybridized carbons (Fsp3) is 0.286. The van der Waals surface area contributed by atoms with Gasteiger partial charge in [0.2, 0.25) is 5.91 Å². The molecule has 0 saturated heterocycles. The molecular formula is C21H21ClFNO6. The molecule has 0 aliphatic heterocycles. The third kappa shape index (κ3) is 6.53. The summed E-state index contributed by atoms with van der Waals surface area (Å²) < 4.78 is 13.4. The van der Waals surface area contributed by atoms with Crippen LogP contribution in [-0.2, 0) is 22.4 Å². The lowest BCUT2D eigenvalue weighted by atomic mass is 9.99. The van der Waals surface area contributed by atoms with Crippen molar-refractivity contribution in [1.82, 2.24) is 5.32 Å². The van der Waals surface area contributed by atoms with Gasteiger partial charge in [-0.3, -0.25) is 4.79 Å². The van der Waals surface area contributed by atoms with Gasteiger partial charge in [-0.2, -0.15) is 0 Å². The number of rotatable bonds is 10. The largest absolute Gasteiger partial charge is 0.479 e. The Kier molecular flexibility index (Phi) is 8.32. The highest BCUT2D eigenvalue weighted by molar-refractivity contribution is 6.31. The van der Waals surface area contributed by atoms with E-state index in [1.54, 1.807) is 24.3 Å². The number of nitrogens with one attached hydrogen (secondary N) is 1. The first kappa shape index (κ1) is 23.3. The van der Waals surface area contributed by atoms with Gasteiger partial charge in [0.15, 0.2) is 6.10 Å². The Balaban J connectivity index is 2.01. The third-order valence-electron chi connectivity index (χ3n) is 4.53. The molecule has 2 rings (SSSR count). The Labute approximate surface area is 177 Å². The highest BCUT2D eigenvalue weighted by Crippen LogP contribution is 2.18. The number of aromatic carboxylic acids is 1. The first-order valence-electron chi connectivity index (χ1n) is 9.14. The molecule has 0 heterocycles. The number of carboxylic acid groups (broad SMARTS) is 2. The molecule has 0 aliphatic rings. The van der Waals surface area contributed by atoms with Crippen LogP contribution in [0.15, 0.2) is 42.5 Å². The van der Waals surface area contributed by atoms with E-state index < -0.39 is 35.8 Å². The summed E-state index contributed by atoms with van der Waals surface area (Å²) in [6.45, 7) is 0. The van der Waals surface area contributed by atoms with E-state index in [1.165, 1.54) is 0 Å². The van der Waals surface area contributed by atoms with Gasteiger partial charge in [0, 0.05) is 11.4 Å². The normalized spacial score (nSPS) is 12.8. The molecule has 0 aliphatic carbocycles. The van der Waals surface area contributed by atoms with Crippen molar-refractivity contribution in [2.45, 2.75) is 37.8 Å². The average Bonchev–Trinajstić information content (AvgIpc) is 2.68. The number of amides is 1. The van der Waals surface area contributed by atoms with Gasteiger partial charge in [0.1, 0.15) is 5.82 Å². The van der Waals surface area contributed by atoms with Crippen molar-refractivity contribution >= 4 is 29.4 Å². The maximum atomic E-state index is 13.4. The predicted octanol–water partition coefficient (Wildman–Crippen LogP) is 2.67. The van der Waals surface area contributed by atoms with Crippen LogP contribution in [0.1, 0.15) is 34.3 Å². The van der Waals surface area contributed by atoms with Gasteiger partial charge < -0.3 is 20.6 Å². The molecule has 9 heteroatoms. The second kappa shape index (κ2) is 10.7. The molecule has 0 aromatic heterocycles. The summed E-state index contributed by atoms with van der Waals surface area (Å²) in [5, 5.41) is 31.1. The van der Waals surface area contributed by atoms with Crippen molar-refractivity contribution in [3.8, 4) is 0 Å². The number of aliphatic hydroxyl groups excluding tert-OH is 1. The number of aryl methyl sites for hydroxylation is 1. The fourth-order valence-electron chi connectivity index (χ4n) is 3.01. The Morgan fingerprint density at radius 1 is 1.07 bits per heavy atom. The molecule has 0 radical (unpaired) electrons. The summed E-state index contributed by atoms with van der Waals surface area (Å²) in [5.74, 6) is -3.79. The predicted molar refractivity (Wildman–Crippen MR) is 107 cm³/mol. The number of benzene rings is 2. The number of aliphatic hydroxyl groups is 1. The van der Waals surface area contributed by atoms with Crippen molar-refractivity contribution in [2.75, 3.05) is 0 Å². The lowest BCUT2D eigenvalue weighted by Crippen LogP contribution is -2.48. The second-order valence-electron chi connectivity index (χ2n) is 6.71. The molecular weight excluding hydrogens is 417 g/mol. The summed E-state index contributed by atoms with van der Waals surface area (Å²) in [5.41, 5.74) is 0.777. The molecule has 2 unspecified atom stereocenters. The lowest BCUT2D eigenvalue weighted by molar-refractivity contribution is -0.148. The number of aliphatic carboxylic acids is 1. The first-order valence-corrected chi connectivity index (χ1v) is 9.52. The molecule has 0 saturated carbocycles. The van der Waals surface area contributed by atoms with Crippen LogP contribution < -0.4 is 5.32 Å². The maximum Gasteiger partial charge on any atom is 0.335 e. The Morgan fingerprint density at radius 3 is 2.40 bits per heavy atom. The number of carbonyl (C=O) groups is 3. The number of hydrogen-bond acceptors (Lipinski definition) is 4. The van der Waals surface area contributed by atoms with E-state index in [-0.39, 0.29) is 36.8 Å². The minimum atomic E-state index is -1.84. The summed E-state index contributed by atoms with van der Waals surface area (Å²) >= 11 is 6.07. The zero-order valence-electron chi connectivity index (χ0n) is 15.8. The summed E-state index contributed by atoms with van der Waals surface area (Å²) in [6, 6.07) is 8.88. The minimum Gasteiger partial charge on any atom is -0.479 e.